The van der Waals surface area contributed by atoms with Gasteiger partial charge in [0, 0.05) is 89.2 Å². The Morgan fingerprint density at radius 2 is 1.24 bits per heavy atom. The normalized spacial score (nSPS) is 17.4. The van der Waals surface area contributed by atoms with Crippen LogP contribution in [0.5, 0.6) is 0 Å². The lowest BCUT2D eigenvalue weighted by Crippen LogP contribution is -2.35. The van der Waals surface area contributed by atoms with Crippen LogP contribution in [0.25, 0.3) is 0 Å². The Bertz CT molecular complexity index is 998. The Balaban J connectivity index is 1.45. The fourth-order valence-electron chi connectivity index (χ4n) is 3.84. The van der Waals surface area contributed by atoms with Crippen LogP contribution >= 0.6 is 22.6 Å². The van der Waals surface area contributed by atoms with Crippen LogP contribution in [0.1, 0.15) is 37.0 Å². The third-order valence-electron chi connectivity index (χ3n) is 5.70. The molecule has 4 heterocycles. The Hall–Kier alpha value is -2.00. The average Bonchev–Trinajstić information content (AvgIpc) is 3.54. The van der Waals surface area contributed by atoms with Gasteiger partial charge in [0.1, 0.15) is 0 Å². The lowest BCUT2D eigenvalue weighted by atomic mass is 10.3. The maximum atomic E-state index is 4.39. The maximum absolute atomic E-state index is 4.39. The topological polar surface area (TPSA) is 102 Å². The molecule has 4 rings (SSSR count). The smallest absolute Gasteiger partial charge is 0.0978 e. The number of nitrogens with zero attached hydrogens (tertiary/aromatic N) is 12. The minimum atomic E-state index is 0.309. The molecule has 180 valence electrons. The van der Waals surface area contributed by atoms with Crippen LogP contribution in [-0.4, -0.2) is 98.4 Å². The van der Waals surface area contributed by atoms with E-state index in [-0.39, 0.29) is 0 Å². The second kappa shape index (κ2) is 11.4. The second-order valence-corrected chi connectivity index (χ2v) is 9.72. The van der Waals surface area contributed by atoms with Gasteiger partial charge in [-0.05, 0) is 13.8 Å². The van der Waals surface area contributed by atoms with Gasteiger partial charge in [0.2, 0.25) is 0 Å². The number of aromatic nitrogens is 9. The lowest BCUT2D eigenvalue weighted by Gasteiger charge is -2.24. The average molecular weight is 493 g/mol. The molecule has 0 aliphatic carbocycles. The summed E-state index contributed by atoms with van der Waals surface area (Å²) in [5.74, 6) is 0. The minimum absolute atomic E-state index is 0.309. The minimum Gasteiger partial charge on any atom is -0.295 e. The van der Waals surface area contributed by atoms with Crippen molar-refractivity contribution in [3.05, 3.63) is 35.7 Å². The van der Waals surface area contributed by atoms with Gasteiger partial charge in [-0.25, -0.2) is 4.68 Å². The lowest BCUT2D eigenvalue weighted by molar-refractivity contribution is 0.206. The first-order chi connectivity index (χ1) is 16.0. The molecular formula is C19H32N12S2. The van der Waals surface area contributed by atoms with Crippen molar-refractivity contribution in [3.8, 4) is 0 Å². The number of rotatable bonds is 8. The highest BCUT2D eigenvalue weighted by Gasteiger charge is 2.19. The van der Waals surface area contributed by atoms with E-state index >= 15 is 0 Å². The Morgan fingerprint density at radius 1 is 0.758 bits per heavy atom. The summed E-state index contributed by atoms with van der Waals surface area (Å²) in [7, 11) is 3.15. The quantitative estimate of drug-likeness (QED) is 0.358. The molecule has 1 saturated heterocycles. The molecule has 12 nitrogen and oxygen atoms in total. The van der Waals surface area contributed by atoms with Crippen molar-refractivity contribution in [2.45, 2.75) is 39.5 Å². The van der Waals surface area contributed by atoms with E-state index in [2.05, 4.69) is 77.3 Å². The van der Waals surface area contributed by atoms with Crippen molar-refractivity contribution >= 4 is 22.6 Å². The van der Waals surface area contributed by atoms with E-state index < -0.39 is 0 Å². The Kier molecular flexibility index (Phi) is 8.35. The molecule has 0 N–H and O–H groups in total. The molecule has 0 radical (unpaired) electrons. The molecule has 0 bridgehead atoms. The summed E-state index contributed by atoms with van der Waals surface area (Å²) in [6, 6.07) is 0.309. The van der Waals surface area contributed by atoms with E-state index in [0.29, 0.717) is 6.04 Å². The molecule has 3 aromatic heterocycles. The fourth-order valence-corrected chi connectivity index (χ4v) is 4.32. The number of thiol groups is 1. The molecule has 0 atom stereocenters. The molecule has 33 heavy (non-hydrogen) atoms. The van der Waals surface area contributed by atoms with Crippen LogP contribution in [0.4, 0.5) is 0 Å². The van der Waals surface area contributed by atoms with Crippen molar-refractivity contribution in [3.63, 3.8) is 0 Å². The molecule has 3 aromatic rings. The molecule has 0 saturated carbocycles. The summed E-state index contributed by atoms with van der Waals surface area (Å²) in [4.78, 5) is 7.34. The molecule has 0 aromatic carbocycles. The van der Waals surface area contributed by atoms with E-state index in [1.807, 2.05) is 24.1 Å². The van der Waals surface area contributed by atoms with E-state index in [1.165, 1.54) is 11.0 Å². The van der Waals surface area contributed by atoms with Gasteiger partial charge >= 0.3 is 0 Å². The summed E-state index contributed by atoms with van der Waals surface area (Å²) in [6.07, 6.45) is 5.98. The van der Waals surface area contributed by atoms with Crippen LogP contribution in [0, 0.1) is 0 Å². The first-order valence-corrected chi connectivity index (χ1v) is 13.0. The zero-order chi connectivity index (χ0) is 23.2. The third-order valence-corrected chi connectivity index (χ3v) is 6.54. The third kappa shape index (κ3) is 6.99. The molecule has 1 fully saturated rings. The van der Waals surface area contributed by atoms with E-state index in [1.54, 1.807) is 8.77 Å². The van der Waals surface area contributed by atoms with Gasteiger partial charge in [-0.2, -0.15) is 4.09 Å². The zero-order valence-corrected chi connectivity index (χ0v) is 21.1. The summed E-state index contributed by atoms with van der Waals surface area (Å²) in [5, 5.41) is 25.4. The number of hydrogen-bond acceptors (Lipinski definition) is 11. The molecule has 1 aliphatic heterocycles. The molecule has 0 spiro atoms. The fraction of sp³-hybridized carbons (Fsp3) is 0.684. The first-order valence-electron chi connectivity index (χ1n) is 11.1. The van der Waals surface area contributed by atoms with Crippen molar-refractivity contribution in [1.82, 2.24) is 59.1 Å². The molecular weight excluding hydrogens is 460 g/mol. The van der Waals surface area contributed by atoms with Crippen LogP contribution in [0.15, 0.2) is 18.6 Å². The number of hydrogen-bond donors (Lipinski definition) is 1. The van der Waals surface area contributed by atoms with Gasteiger partial charge in [0.05, 0.1) is 29.5 Å². The van der Waals surface area contributed by atoms with Crippen LogP contribution in [0.3, 0.4) is 0 Å². The van der Waals surface area contributed by atoms with E-state index in [0.717, 1.165) is 76.0 Å². The van der Waals surface area contributed by atoms with Gasteiger partial charge in [-0.15, -0.1) is 15.3 Å². The van der Waals surface area contributed by atoms with Crippen molar-refractivity contribution < 1.29 is 0 Å². The van der Waals surface area contributed by atoms with Crippen molar-refractivity contribution in [1.29, 1.82) is 0 Å². The van der Waals surface area contributed by atoms with E-state index in [4.69, 9.17) is 0 Å². The van der Waals surface area contributed by atoms with Crippen LogP contribution in [0.2, 0.25) is 0 Å². The number of aryl methyl sites for hydroxylation is 1. The predicted molar refractivity (Wildman–Crippen MR) is 129 cm³/mol. The highest BCUT2D eigenvalue weighted by atomic mass is 33.1. The van der Waals surface area contributed by atoms with Gasteiger partial charge < -0.3 is 0 Å². The first kappa shape index (κ1) is 24.1. The summed E-state index contributed by atoms with van der Waals surface area (Å²) < 4.78 is 5.34. The van der Waals surface area contributed by atoms with Crippen molar-refractivity contribution in [2.75, 3.05) is 39.3 Å². The maximum Gasteiger partial charge on any atom is 0.0978 e. The van der Waals surface area contributed by atoms with Crippen LogP contribution < -0.4 is 0 Å². The SMILES string of the molecule is CC(C)n1cc(CN2CCN(Cc3cn(C)nn3)CCN(Cc3cn(SS)nn3)CC2)nn1. The molecule has 1 aliphatic rings. The van der Waals surface area contributed by atoms with Crippen molar-refractivity contribution in [2.24, 2.45) is 7.05 Å². The Labute approximate surface area is 203 Å². The van der Waals surface area contributed by atoms with Gasteiger partial charge in [-0.3, -0.25) is 19.4 Å². The van der Waals surface area contributed by atoms with Gasteiger partial charge in [0.25, 0.3) is 0 Å². The van der Waals surface area contributed by atoms with E-state index in [9.17, 15) is 0 Å². The van der Waals surface area contributed by atoms with Gasteiger partial charge in [-0.1, -0.05) is 27.3 Å². The zero-order valence-electron chi connectivity index (χ0n) is 19.4. The summed E-state index contributed by atoms with van der Waals surface area (Å²) in [5.41, 5.74) is 2.94. The summed E-state index contributed by atoms with van der Waals surface area (Å²) >= 11 is 4.19. The highest BCUT2D eigenvalue weighted by Crippen LogP contribution is 2.12. The largest absolute Gasteiger partial charge is 0.295 e. The second-order valence-electron chi connectivity index (χ2n) is 8.69. The summed E-state index contributed by atoms with van der Waals surface area (Å²) in [6.45, 7) is 12.2. The van der Waals surface area contributed by atoms with Crippen LogP contribution in [-0.2, 0) is 26.7 Å². The van der Waals surface area contributed by atoms with Gasteiger partial charge in [0.15, 0.2) is 0 Å². The highest BCUT2D eigenvalue weighted by molar-refractivity contribution is 8.67. The molecule has 14 heteroatoms. The monoisotopic (exact) mass is 492 g/mol. The molecule has 0 amide bonds. The predicted octanol–water partition coefficient (Wildman–Crippen LogP) is 0.740. The standard InChI is InChI=1S/C19H32N12S2/c1-16(2)30-14-18(21-24-30)12-28-6-4-27(11-17-10-26(3)23-20-17)5-8-29(9-7-28)13-19-15-31(33-32)25-22-19/h10,14-16,32H,4-9,11-13H2,1-3H3. The molecule has 0 unspecified atom stereocenters. The Morgan fingerprint density at radius 3 is 1.67 bits per heavy atom.